The van der Waals surface area contributed by atoms with Crippen molar-refractivity contribution in [3.8, 4) is 0 Å². The fraction of sp³-hybridized carbons (Fsp3) is 0.686. The number of carbonyl (C=O) groups is 1. The molecule has 0 aliphatic rings. The number of amides is 1. The summed E-state index contributed by atoms with van der Waals surface area (Å²) >= 11 is 0. The molecule has 0 fully saturated rings. The summed E-state index contributed by atoms with van der Waals surface area (Å²) in [6, 6.07) is -0.771. The Labute approximate surface area is 246 Å². The topological polar surface area (TPSA) is 89.8 Å². The summed E-state index contributed by atoms with van der Waals surface area (Å²) in [6.45, 7) is 4.00. The van der Waals surface area contributed by atoms with E-state index in [0.717, 1.165) is 64.2 Å². The van der Waals surface area contributed by atoms with Gasteiger partial charge in [0.1, 0.15) is 0 Å². The fourth-order valence-electron chi connectivity index (χ4n) is 4.29. The first-order valence-corrected chi connectivity index (χ1v) is 16.1. The third-order valence-electron chi connectivity index (χ3n) is 6.77. The molecule has 0 rings (SSSR count). The van der Waals surface area contributed by atoms with Gasteiger partial charge >= 0.3 is 0 Å². The molecule has 0 saturated heterocycles. The fourth-order valence-corrected chi connectivity index (χ4v) is 4.29. The van der Waals surface area contributed by atoms with Crippen LogP contribution in [0.15, 0.2) is 60.8 Å². The summed E-state index contributed by atoms with van der Waals surface area (Å²) in [5, 5.41) is 32.8. The molecule has 0 aromatic rings. The van der Waals surface area contributed by atoms with Gasteiger partial charge in [-0.1, -0.05) is 113 Å². The smallest absolute Gasteiger partial charge is 0.222 e. The van der Waals surface area contributed by atoms with Crippen LogP contribution in [0.2, 0.25) is 0 Å². The number of nitrogens with one attached hydrogen (secondary N) is 1. The van der Waals surface area contributed by atoms with Crippen LogP contribution in [0.4, 0.5) is 0 Å². The monoisotopic (exact) mass is 559 g/mol. The number of aliphatic hydroxyl groups is 3. The number of aliphatic hydroxyl groups excluding tert-OH is 3. The molecular formula is C35H61NO4. The Bertz CT molecular complexity index is 710. The van der Waals surface area contributed by atoms with E-state index in [2.05, 4.69) is 67.8 Å². The maximum Gasteiger partial charge on any atom is 0.222 e. The molecule has 40 heavy (non-hydrogen) atoms. The Kier molecular flexibility index (Phi) is 28.6. The van der Waals surface area contributed by atoms with Crippen molar-refractivity contribution in [1.29, 1.82) is 0 Å². The summed E-state index contributed by atoms with van der Waals surface area (Å²) in [6.07, 6.45) is 37.7. The number of hydrogen-bond acceptors (Lipinski definition) is 4. The molecule has 230 valence electrons. The van der Waals surface area contributed by atoms with E-state index in [-0.39, 0.29) is 18.9 Å². The molecule has 1 amide bonds. The Hall–Kier alpha value is -1.95. The molecule has 0 bridgehead atoms. The van der Waals surface area contributed by atoms with E-state index in [4.69, 9.17) is 0 Å². The summed E-state index contributed by atoms with van der Waals surface area (Å²) in [5.41, 5.74) is 0. The maximum absolute atomic E-state index is 12.3. The predicted molar refractivity (Wildman–Crippen MR) is 171 cm³/mol. The van der Waals surface area contributed by atoms with Gasteiger partial charge in [0, 0.05) is 0 Å². The highest BCUT2D eigenvalue weighted by Crippen LogP contribution is 2.11. The van der Waals surface area contributed by atoms with Crippen molar-refractivity contribution in [2.45, 2.75) is 148 Å². The summed E-state index contributed by atoms with van der Waals surface area (Å²) in [4.78, 5) is 12.3. The quantitative estimate of drug-likeness (QED) is 0.0606. The zero-order valence-electron chi connectivity index (χ0n) is 25.7. The Morgan fingerprint density at radius 2 is 1.23 bits per heavy atom. The number of carbonyl (C=O) groups excluding carboxylic acids is 1. The highest BCUT2D eigenvalue weighted by atomic mass is 16.3. The second kappa shape index (κ2) is 30.0. The third-order valence-corrected chi connectivity index (χ3v) is 6.77. The average molecular weight is 560 g/mol. The summed E-state index contributed by atoms with van der Waals surface area (Å²) in [7, 11) is 0. The second-order valence-corrected chi connectivity index (χ2v) is 10.7. The lowest BCUT2D eigenvalue weighted by atomic mass is 10.0. The summed E-state index contributed by atoms with van der Waals surface area (Å²) in [5.74, 6) is -0.346. The van der Waals surface area contributed by atoms with Gasteiger partial charge in [-0.2, -0.15) is 0 Å². The summed E-state index contributed by atoms with van der Waals surface area (Å²) < 4.78 is 0. The molecule has 0 heterocycles. The van der Waals surface area contributed by atoms with Gasteiger partial charge in [0.2, 0.25) is 5.91 Å². The van der Waals surface area contributed by atoms with Gasteiger partial charge < -0.3 is 20.6 Å². The zero-order chi connectivity index (χ0) is 29.5. The van der Waals surface area contributed by atoms with E-state index in [1.165, 1.54) is 38.5 Å². The minimum absolute atomic E-state index is 0.0109. The van der Waals surface area contributed by atoms with Crippen molar-refractivity contribution >= 4 is 5.91 Å². The van der Waals surface area contributed by atoms with Crippen LogP contribution in [-0.4, -0.2) is 46.1 Å². The number of rotatable bonds is 27. The van der Waals surface area contributed by atoms with Gasteiger partial charge in [-0.3, -0.25) is 4.79 Å². The second-order valence-electron chi connectivity index (χ2n) is 10.7. The molecule has 0 saturated carbocycles. The first-order chi connectivity index (χ1) is 19.5. The Morgan fingerprint density at radius 3 is 1.85 bits per heavy atom. The lowest BCUT2D eigenvalue weighted by Gasteiger charge is -2.20. The Morgan fingerprint density at radius 1 is 0.675 bits per heavy atom. The minimum Gasteiger partial charge on any atom is -0.394 e. The van der Waals surface area contributed by atoms with Gasteiger partial charge in [0.05, 0.1) is 31.3 Å². The van der Waals surface area contributed by atoms with Gasteiger partial charge in [-0.25, -0.2) is 0 Å². The molecule has 4 N–H and O–H groups in total. The van der Waals surface area contributed by atoms with Gasteiger partial charge in [-0.15, -0.1) is 0 Å². The van der Waals surface area contributed by atoms with E-state index < -0.39 is 18.2 Å². The van der Waals surface area contributed by atoms with Crippen LogP contribution in [0.5, 0.6) is 0 Å². The lowest BCUT2D eigenvalue weighted by Crippen LogP contribution is -2.45. The molecule has 5 nitrogen and oxygen atoms in total. The highest BCUT2D eigenvalue weighted by Gasteiger charge is 2.19. The molecule has 0 aliphatic carbocycles. The molecule has 5 heteroatoms. The van der Waals surface area contributed by atoms with Crippen molar-refractivity contribution in [2.75, 3.05) is 6.61 Å². The molecule has 0 aliphatic heterocycles. The molecule has 0 spiro atoms. The lowest BCUT2D eigenvalue weighted by molar-refractivity contribution is -0.124. The van der Waals surface area contributed by atoms with Crippen LogP contribution >= 0.6 is 0 Å². The molecule has 0 radical (unpaired) electrons. The highest BCUT2D eigenvalue weighted by molar-refractivity contribution is 5.76. The minimum atomic E-state index is -0.962. The van der Waals surface area contributed by atoms with Crippen molar-refractivity contribution in [3.05, 3.63) is 60.8 Å². The van der Waals surface area contributed by atoms with Crippen LogP contribution in [0.1, 0.15) is 129 Å². The van der Waals surface area contributed by atoms with Crippen LogP contribution in [0.3, 0.4) is 0 Å². The molecule has 0 aromatic carbocycles. The first-order valence-electron chi connectivity index (χ1n) is 16.1. The first kappa shape index (κ1) is 38.0. The van der Waals surface area contributed by atoms with Crippen molar-refractivity contribution in [2.24, 2.45) is 0 Å². The van der Waals surface area contributed by atoms with E-state index in [1.807, 2.05) is 6.08 Å². The largest absolute Gasteiger partial charge is 0.394 e. The van der Waals surface area contributed by atoms with Crippen LogP contribution in [0.25, 0.3) is 0 Å². The van der Waals surface area contributed by atoms with Crippen molar-refractivity contribution < 1.29 is 20.1 Å². The maximum atomic E-state index is 12.3. The molecule has 0 aromatic heterocycles. The zero-order valence-corrected chi connectivity index (χ0v) is 25.7. The standard InChI is InChI=1S/C35H61NO4/c1-3-5-7-9-11-13-15-16-17-18-19-20-22-24-26-28-32(38)30-35(40)36-33(31-37)34(39)29-27-25-23-21-14-12-10-8-6-4-2/h6,8,11,13-14,16-17,21,27,29,32-34,37-39H,3-5,7,9-10,12,15,18-20,22-26,28,30-31H2,1-2H3,(H,36,40)/b8-6+,13-11-,17-16-,21-14+,29-27+. The SMILES string of the molecule is CC/C=C/CC/C=C/CC/C=C/C(O)C(CO)NC(=O)CC(O)CCCCCCC/C=C\C/C=C\CCCCC. The number of allylic oxidation sites excluding steroid dienone is 9. The van der Waals surface area contributed by atoms with Crippen molar-refractivity contribution in [3.63, 3.8) is 0 Å². The van der Waals surface area contributed by atoms with Gasteiger partial charge in [0.15, 0.2) is 0 Å². The van der Waals surface area contributed by atoms with E-state index in [9.17, 15) is 20.1 Å². The third kappa shape index (κ3) is 26.3. The number of hydrogen-bond donors (Lipinski definition) is 4. The normalized spacial score (nSPS) is 14.8. The number of unbranched alkanes of at least 4 members (excludes halogenated alkanes) is 10. The van der Waals surface area contributed by atoms with Gasteiger partial charge in [-0.05, 0) is 70.6 Å². The predicted octanol–water partition coefficient (Wildman–Crippen LogP) is 8.03. The van der Waals surface area contributed by atoms with Crippen LogP contribution < -0.4 is 5.32 Å². The Balaban J connectivity index is 3.87. The molecule has 3 unspecified atom stereocenters. The van der Waals surface area contributed by atoms with Crippen LogP contribution in [-0.2, 0) is 4.79 Å². The van der Waals surface area contributed by atoms with E-state index in [0.29, 0.717) is 6.42 Å². The van der Waals surface area contributed by atoms with E-state index >= 15 is 0 Å². The van der Waals surface area contributed by atoms with E-state index in [1.54, 1.807) is 6.08 Å². The average Bonchev–Trinajstić information content (AvgIpc) is 2.94. The van der Waals surface area contributed by atoms with Crippen molar-refractivity contribution in [1.82, 2.24) is 5.32 Å². The van der Waals surface area contributed by atoms with Crippen LogP contribution in [0, 0.1) is 0 Å². The molecule has 3 atom stereocenters. The van der Waals surface area contributed by atoms with Gasteiger partial charge in [0.25, 0.3) is 0 Å². The molecular weight excluding hydrogens is 498 g/mol.